The first-order chi connectivity index (χ1) is 22.1. The van der Waals surface area contributed by atoms with Crippen molar-refractivity contribution in [2.24, 2.45) is 11.8 Å². The van der Waals surface area contributed by atoms with Gasteiger partial charge in [-0.15, -0.1) is 0 Å². The van der Waals surface area contributed by atoms with Crippen molar-refractivity contribution in [2.45, 2.75) is 253 Å². The largest absolute Gasteiger partial charge is 0.303 e. The van der Waals surface area contributed by atoms with Crippen molar-refractivity contribution in [1.82, 2.24) is 4.90 Å². The third-order valence-electron chi connectivity index (χ3n) is 10.3. The molecule has 0 fully saturated rings. The van der Waals surface area contributed by atoms with Gasteiger partial charge in [0.2, 0.25) is 0 Å². The van der Waals surface area contributed by atoms with Crippen LogP contribution in [0.1, 0.15) is 253 Å². The van der Waals surface area contributed by atoms with Crippen LogP contribution in [0.5, 0.6) is 0 Å². The molecule has 1 nitrogen and oxygen atoms in total. The lowest BCUT2D eigenvalue weighted by molar-refractivity contribution is 0.254. The molecule has 0 atom stereocenters. The van der Waals surface area contributed by atoms with Crippen molar-refractivity contribution in [2.75, 3.05) is 19.6 Å². The molecule has 0 aromatic rings. The predicted octanol–water partition coefficient (Wildman–Crippen LogP) is 15.9. The first kappa shape index (κ1) is 45.0. The zero-order chi connectivity index (χ0) is 32.9. The van der Waals surface area contributed by atoms with E-state index in [0.717, 1.165) is 11.8 Å². The highest BCUT2D eigenvalue weighted by Gasteiger charge is 2.06. The van der Waals surface area contributed by atoms with E-state index in [1.54, 1.807) is 0 Å². The molecule has 0 aliphatic heterocycles. The van der Waals surface area contributed by atoms with Gasteiger partial charge >= 0.3 is 0 Å². The van der Waals surface area contributed by atoms with Gasteiger partial charge in [0.15, 0.2) is 0 Å². The third kappa shape index (κ3) is 40.1. The van der Waals surface area contributed by atoms with E-state index in [1.807, 2.05) is 0 Å². The van der Waals surface area contributed by atoms with Crippen LogP contribution < -0.4 is 0 Å². The van der Waals surface area contributed by atoms with Crippen molar-refractivity contribution in [3.63, 3.8) is 0 Å². The highest BCUT2D eigenvalue weighted by molar-refractivity contribution is 4.61. The number of nitrogens with zero attached hydrogens (tertiary/aromatic N) is 1. The summed E-state index contributed by atoms with van der Waals surface area (Å²) in [5.41, 5.74) is 0. The minimum absolute atomic E-state index is 0.887. The lowest BCUT2D eigenvalue weighted by atomic mass is 10.0. The van der Waals surface area contributed by atoms with E-state index < -0.39 is 0 Å². The van der Waals surface area contributed by atoms with Gasteiger partial charge in [0.1, 0.15) is 0 Å². The normalized spacial score (nSPS) is 12.0. The summed E-state index contributed by atoms with van der Waals surface area (Å²) in [6.07, 6.45) is 49.7. The smallest absolute Gasteiger partial charge is 0.00187 e. The van der Waals surface area contributed by atoms with Crippen molar-refractivity contribution in [3.05, 3.63) is 0 Å². The third-order valence-corrected chi connectivity index (χ3v) is 10.3. The Labute approximate surface area is 288 Å². The van der Waals surface area contributed by atoms with Gasteiger partial charge < -0.3 is 4.90 Å². The second kappa shape index (κ2) is 38.4. The Bertz CT molecular complexity index is 481. The molecule has 45 heavy (non-hydrogen) atoms. The molecule has 0 aromatic heterocycles. The molecule has 0 amide bonds. The first-order valence-electron chi connectivity index (χ1n) is 21.8. The van der Waals surface area contributed by atoms with Crippen molar-refractivity contribution in [1.29, 1.82) is 0 Å². The van der Waals surface area contributed by atoms with Crippen LogP contribution in [-0.2, 0) is 0 Å². The number of rotatable bonds is 39. The number of hydrogen-bond acceptors (Lipinski definition) is 1. The lowest BCUT2D eigenvalue weighted by Gasteiger charge is -2.22. The molecule has 0 aliphatic rings. The Morgan fingerprint density at radius 3 is 0.689 bits per heavy atom. The monoisotopic (exact) mass is 634 g/mol. The SMILES string of the molecule is CCCCCCCCCCCCCCCCN(CCCCCCCCCCCC(C)C)CCCCCCCCCCCC(C)C. The van der Waals surface area contributed by atoms with Crippen molar-refractivity contribution < 1.29 is 0 Å². The maximum Gasteiger partial charge on any atom is -0.00187 e. The van der Waals surface area contributed by atoms with E-state index in [2.05, 4.69) is 39.5 Å². The summed E-state index contributed by atoms with van der Waals surface area (Å²) >= 11 is 0. The van der Waals surface area contributed by atoms with Gasteiger partial charge in [0, 0.05) is 0 Å². The van der Waals surface area contributed by atoms with Crippen LogP contribution >= 0.6 is 0 Å². The summed E-state index contributed by atoms with van der Waals surface area (Å²) in [7, 11) is 0. The van der Waals surface area contributed by atoms with Crippen LogP contribution in [0.3, 0.4) is 0 Å². The molecule has 272 valence electrons. The Morgan fingerprint density at radius 2 is 0.467 bits per heavy atom. The molecule has 0 aromatic carbocycles. The van der Waals surface area contributed by atoms with Crippen LogP contribution in [0.2, 0.25) is 0 Å². The fourth-order valence-electron chi connectivity index (χ4n) is 7.12. The van der Waals surface area contributed by atoms with Gasteiger partial charge in [0.05, 0.1) is 0 Å². The van der Waals surface area contributed by atoms with Crippen LogP contribution in [0.15, 0.2) is 0 Å². The van der Waals surface area contributed by atoms with E-state index in [0.29, 0.717) is 0 Å². The number of unbranched alkanes of at least 4 members (excludes halogenated alkanes) is 29. The van der Waals surface area contributed by atoms with Gasteiger partial charge in [-0.2, -0.15) is 0 Å². The summed E-state index contributed by atoms with van der Waals surface area (Å²) in [6.45, 7) is 15.9. The molecule has 0 N–H and O–H groups in total. The van der Waals surface area contributed by atoms with Crippen molar-refractivity contribution >= 4 is 0 Å². The second-order valence-electron chi connectivity index (χ2n) is 16.2. The maximum absolute atomic E-state index is 2.87. The maximum atomic E-state index is 2.87. The topological polar surface area (TPSA) is 3.24 Å². The molecular weight excluding hydrogens is 542 g/mol. The molecule has 0 aliphatic carbocycles. The molecule has 0 radical (unpaired) electrons. The minimum atomic E-state index is 0.887. The van der Waals surface area contributed by atoms with Crippen LogP contribution in [0.25, 0.3) is 0 Å². The Morgan fingerprint density at radius 1 is 0.267 bits per heavy atom. The summed E-state index contributed by atoms with van der Waals surface area (Å²) in [4.78, 5) is 2.87. The van der Waals surface area contributed by atoms with E-state index >= 15 is 0 Å². The summed E-state index contributed by atoms with van der Waals surface area (Å²) in [6, 6.07) is 0. The lowest BCUT2D eigenvalue weighted by Crippen LogP contribution is -2.27. The zero-order valence-electron chi connectivity index (χ0n) is 32.8. The zero-order valence-corrected chi connectivity index (χ0v) is 32.8. The molecule has 0 saturated carbocycles. The Kier molecular flexibility index (Phi) is 38.4. The van der Waals surface area contributed by atoms with E-state index in [1.165, 1.54) is 238 Å². The van der Waals surface area contributed by atoms with E-state index in [-0.39, 0.29) is 0 Å². The second-order valence-corrected chi connectivity index (χ2v) is 16.2. The molecule has 0 rings (SSSR count). The molecule has 0 saturated heterocycles. The fraction of sp³-hybridized carbons (Fsp3) is 1.00. The average molecular weight is 634 g/mol. The standard InChI is InChI=1S/C44H91N/c1-6-7-8-9-10-11-12-13-14-15-20-25-30-35-40-45(41-36-31-26-21-16-18-23-28-33-38-43(2)3)42-37-32-27-22-17-19-24-29-34-39-44(4)5/h43-44H,6-42H2,1-5H3. The van der Waals surface area contributed by atoms with Crippen molar-refractivity contribution in [3.8, 4) is 0 Å². The molecule has 0 bridgehead atoms. The molecule has 0 heterocycles. The van der Waals surface area contributed by atoms with Gasteiger partial charge in [-0.1, -0.05) is 234 Å². The van der Waals surface area contributed by atoms with Gasteiger partial charge in [-0.25, -0.2) is 0 Å². The highest BCUT2D eigenvalue weighted by atomic mass is 15.1. The molecule has 0 unspecified atom stereocenters. The summed E-state index contributed by atoms with van der Waals surface area (Å²) in [5.74, 6) is 1.77. The van der Waals surface area contributed by atoms with E-state index in [4.69, 9.17) is 0 Å². The van der Waals surface area contributed by atoms with Crippen LogP contribution in [0, 0.1) is 11.8 Å². The summed E-state index contributed by atoms with van der Waals surface area (Å²) in [5, 5.41) is 0. The predicted molar refractivity (Wildman–Crippen MR) is 209 cm³/mol. The van der Waals surface area contributed by atoms with Crippen LogP contribution in [-0.4, -0.2) is 24.5 Å². The van der Waals surface area contributed by atoms with Gasteiger partial charge in [-0.3, -0.25) is 0 Å². The number of hydrogen-bond donors (Lipinski definition) is 0. The molecule has 0 spiro atoms. The summed E-state index contributed by atoms with van der Waals surface area (Å²) < 4.78 is 0. The fourth-order valence-corrected chi connectivity index (χ4v) is 7.12. The van der Waals surface area contributed by atoms with E-state index in [9.17, 15) is 0 Å². The Hall–Kier alpha value is -0.0400. The van der Waals surface area contributed by atoms with Gasteiger partial charge in [-0.05, 0) is 50.7 Å². The van der Waals surface area contributed by atoms with Crippen LogP contribution in [0.4, 0.5) is 0 Å². The molecular formula is C44H91N. The minimum Gasteiger partial charge on any atom is -0.303 e. The first-order valence-corrected chi connectivity index (χ1v) is 21.8. The average Bonchev–Trinajstić information content (AvgIpc) is 3.01. The quantitative estimate of drug-likeness (QED) is 0.0609. The Balaban J connectivity index is 3.93. The highest BCUT2D eigenvalue weighted by Crippen LogP contribution is 2.16. The van der Waals surface area contributed by atoms with Gasteiger partial charge in [0.25, 0.3) is 0 Å². The molecule has 1 heteroatoms.